The number of ether oxygens (including phenoxy) is 3. The lowest BCUT2D eigenvalue weighted by molar-refractivity contribution is -0.152. The predicted molar refractivity (Wildman–Crippen MR) is 180 cm³/mol. The lowest BCUT2D eigenvalue weighted by Gasteiger charge is -2.46. The van der Waals surface area contributed by atoms with E-state index in [2.05, 4.69) is 71.9 Å². The molecule has 2 saturated carbocycles. The summed E-state index contributed by atoms with van der Waals surface area (Å²) in [5.41, 5.74) is 0.992. The quantitative estimate of drug-likeness (QED) is 0.0786. The zero-order valence-electron chi connectivity index (χ0n) is 29.4. The van der Waals surface area contributed by atoms with E-state index in [1.54, 1.807) is 0 Å². The third kappa shape index (κ3) is 8.03. The van der Waals surface area contributed by atoms with Crippen molar-refractivity contribution >= 4 is 11.9 Å². The molecule has 4 aliphatic rings. The smallest absolute Gasteiger partial charge is 0.321 e. The minimum Gasteiger partial charge on any atom is -0.462 e. The fourth-order valence-electron chi connectivity index (χ4n) is 8.32. The second-order valence-corrected chi connectivity index (χ2v) is 15.8. The molecule has 0 bridgehead atoms. The Balaban J connectivity index is 1.24. The van der Waals surface area contributed by atoms with E-state index in [9.17, 15) is 19.8 Å². The van der Waals surface area contributed by atoms with E-state index in [4.69, 9.17) is 14.2 Å². The van der Waals surface area contributed by atoms with Gasteiger partial charge in [0.1, 0.15) is 23.1 Å². The van der Waals surface area contributed by atoms with E-state index in [0.717, 1.165) is 30.4 Å². The van der Waals surface area contributed by atoms with E-state index in [-0.39, 0.29) is 35.0 Å². The van der Waals surface area contributed by atoms with Crippen LogP contribution in [0.4, 0.5) is 0 Å². The van der Waals surface area contributed by atoms with E-state index in [1.165, 1.54) is 12.5 Å². The van der Waals surface area contributed by atoms with Gasteiger partial charge in [0.2, 0.25) is 0 Å². The number of aliphatic hydroxyl groups excluding tert-OH is 1. The standard InChI is InChI=1S/C39H56O7/c1-26(16-17-33-35(4,5)24-32(44-28(3)40)25-37(33,8)43)14-12-10-11-13-15-27(2)20-31-21-29(34(42)45-31)18-19-39-36(6,7)22-30(41)23-38(39,9)46-39/h10,12,14-15,17-19,21,29-30,32,41,43H,11,13,16,20,22-25H2,1-9H3/b12-10+,19-18+,26-14+,27-15+,33-17?/t29?,30-,32-,37+,38+,39-/m0/s1. The van der Waals surface area contributed by atoms with Gasteiger partial charge in [-0.1, -0.05) is 81.4 Å². The molecule has 6 atom stereocenters. The van der Waals surface area contributed by atoms with Crippen LogP contribution in [0.5, 0.6) is 0 Å². The zero-order valence-corrected chi connectivity index (χ0v) is 29.4. The van der Waals surface area contributed by atoms with Gasteiger partial charge in [-0.3, -0.25) is 9.59 Å². The molecule has 7 nitrogen and oxygen atoms in total. The number of unbranched alkanes of at least 4 members (excludes halogenated alkanes) is 1. The molecule has 0 aromatic heterocycles. The minimum absolute atomic E-state index is 0.224. The molecule has 7 heteroatoms. The number of allylic oxidation sites excluding steroid dienone is 7. The second kappa shape index (κ2) is 13.4. The summed E-state index contributed by atoms with van der Waals surface area (Å²) in [7, 11) is 0. The SMILES string of the molecule is CC(=O)O[C@H]1CC(C)(C)C(=CC/C(C)=C/C=C/CC/C=C(\C)CC2=CC(/C=C/[C@@]34O[C@]3(C)C[C@@H](O)CC4(C)C)C(=O)O2)[C@](C)(O)C1. The fourth-order valence-corrected chi connectivity index (χ4v) is 8.32. The average molecular weight is 637 g/mol. The van der Waals surface area contributed by atoms with Crippen LogP contribution in [0.2, 0.25) is 0 Å². The number of rotatable bonds is 11. The maximum absolute atomic E-state index is 12.6. The maximum Gasteiger partial charge on any atom is 0.321 e. The van der Waals surface area contributed by atoms with Crippen molar-refractivity contribution in [3.63, 3.8) is 0 Å². The average Bonchev–Trinajstić information content (AvgIpc) is 3.36. The van der Waals surface area contributed by atoms with Crippen molar-refractivity contribution < 1.29 is 34.0 Å². The molecule has 4 rings (SSSR count). The monoisotopic (exact) mass is 636 g/mol. The summed E-state index contributed by atoms with van der Waals surface area (Å²) >= 11 is 0. The molecular formula is C39H56O7. The van der Waals surface area contributed by atoms with Crippen LogP contribution in [-0.4, -0.2) is 51.2 Å². The predicted octanol–water partition coefficient (Wildman–Crippen LogP) is 7.75. The minimum atomic E-state index is -1.02. The molecule has 0 aromatic carbocycles. The van der Waals surface area contributed by atoms with Crippen molar-refractivity contribution in [2.75, 3.05) is 0 Å². The van der Waals surface area contributed by atoms with Gasteiger partial charge in [-0.05, 0) is 76.9 Å². The topological polar surface area (TPSA) is 106 Å². The summed E-state index contributed by atoms with van der Waals surface area (Å²) in [6.07, 6.45) is 21.4. The molecule has 46 heavy (non-hydrogen) atoms. The number of cyclic esters (lactones) is 1. The molecular weight excluding hydrogens is 580 g/mol. The normalized spacial score (nSPS) is 36.6. The summed E-state index contributed by atoms with van der Waals surface area (Å²) in [6.45, 7) is 17.9. The van der Waals surface area contributed by atoms with Gasteiger partial charge in [-0.2, -0.15) is 0 Å². The Morgan fingerprint density at radius 3 is 2.39 bits per heavy atom. The molecule has 0 spiro atoms. The van der Waals surface area contributed by atoms with Crippen molar-refractivity contribution in [1.29, 1.82) is 0 Å². The number of aliphatic hydroxyl groups is 2. The lowest BCUT2D eigenvalue weighted by atomic mass is 9.63. The van der Waals surface area contributed by atoms with Crippen LogP contribution >= 0.6 is 0 Å². The van der Waals surface area contributed by atoms with Crippen LogP contribution in [0.3, 0.4) is 0 Å². The number of carbonyl (C=O) groups excluding carboxylic acids is 2. The van der Waals surface area contributed by atoms with Gasteiger partial charge in [0.25, 0.3) is 0 Å². The number of epoxide rings is 1. The molecule has 2 aliphatic carbocycles. The van der Waals surface area contributed by atoms with Crippen LogP contribution in [0, 0.1) is 16.7 Å². The lowest BCUT2D eigenvalue weighted by Crippen LogP contribution is -2.46. The van der Waals surface area contributed by atoms with Gasteiger partial charge < -0.3 is 24.4 Å². The molecule has 2 aliphatic heterocycles. The molecule has 254 valence electrons. The van der Waals surface area contributed by atoms with E-state index in [1.807, 2.05) is 32.1 Å². The van der Waals surface area contributed by atoms with Crippen LogP contribution in [0.1, 0.15) is 114 Å². The molecule has 2 heterocycles. The largest absolute Gasteiger partial charge is 0.462 e. The first-order valence-electron chi connectivity index (χ1n) is 16.9. The summed E-state index contributed by atoms with van der Waals surface area (Å²) in [6, 6.07) is 0. The van der Waals surface area contributed by atoms with Crippen LogP contribution < -0.4 is 0 Å². The van der Waals surface area contributed by atoms with Crippen molar-refractivity contribution in [2.45, 2.75) is 143 Å². The second-order valence-electron chi connectivity index (χ2n) is 15.8. The Hall–Kier alpha value is -2.74. The van der Waals surface area contributed by atoms with Gasteiger partial charge in [0, 0.05) is 31.6 Å². The van der Waals surface area contributed by atoms with Crippen LogP contribution in [0.25, 0.3) is 0 Å². The van der Waals surface area contributed by atoms with E-state index < -0.39 is 22.7 Å². The van der Waals surface area contributed by atoms with Crippen molar-refractivity contribution in [3.8, 4) is 0 Å². The van der Waals surface area contributed by atoms with Crippen LogP contribution in [-0.2, 0) is 23.8 Å². The highest BCUT2D eigenvalue weighted by atomic mass is 16.6. The molecule has 2 N–H and O–H groups in total. The van der Waals surface area contributed by atoms with Gasteiger partial charge in [-0.25, -0.2) is 0 Å². The number of fused-ring (bicyclic) bond motifs is 1. The number of hydrogen-bond acceptors (Lipinski definition) is 7. The van der Waals surface area contributed by atoms with Gasteiger partial charge >= 0.3 is 11.9 Å². The summed E-state index contributed by atoms with van der Waals surface area (Å²) in [5, 5.41) is 21.5. The Labute approximate surface area is 276 Å². The Kier molecular flexibility index (Phi) is 10.5. The first-order chi connectivity index (χ1) is 21.3. The van der Waals surface area contributed by atoms with Gasteiger partial charge in [0.05, 0.1) is 17.6 Å². The zero-order chi connectivity index (χ0) is 34.1. The first-order valence-corrected chi connectivity index (χ1v) is 16.9. The Morgan fingerprint density at radius 2 is 1.74 bits per heavy atom. The Morgan fingerprint density at radius 1 is 1.02 bits per heavy atom. The van der Waals surface area contributed by atoms with Gasteiger partial charge in [-0.15, -0.1) is 0 Å². The van der Waals surface area contributed by atoms with Crippen molar-refractivity contribution in [3.05, 3.63) is 71.1 Å². The van der Waals surface area contributed by atoms with E-state index in [0.29, 0.717) is 37.9 Å². The summed E-state index contributed by atoms with van der Waals surface area (Å²) in [4.78, 5) is 24.1. The highest BCUT2D eigenvalue weighted by Gasteiger charge is 2.74. The van der Waals surface area contributed by atoms with E-state index >= 15 is 0 Å². The molecule has 0 radical (unpaired) electrons. The maximum atomic E-state index is 12.6. The Bertz CT molecular complexity index is 1350. The molecule has 0 aromatic rings. The number of hydrogen-bond donors (Lipinski definition) is 2. The third-order valence-electron chi connectivity index (χ3n) is 10.3. The number of esters is 2. The molecule has 1 unspecified atom stereocenters. The molecule has 3 fully saturated rings. The summed E-state index contributed by atoms with van der Waals surface area (Å²) < 4.78 is 17.2. The molecule has 1 saturated heterocycles. The highest BCUT2D eigenvalue weighted by molar-refractivity contribution is 5.80. The summed E-state index contributed by atoms with van der Waals surface area (Å²) in [5.74, 6) is -0.296. The van der Waals surface area contributed by atoms with Crippen molar-refractivity contribution in [2.24, 2.45) is 16.7 Å². The first kappa shape index (κ1) is 36.1. The van der Waals surface area contributed by atoms with Gasteiger partial charge in [0.15, 0.2) is 0 Å². The van der Waals surface area contributed by atoms with Crippen LogP contribution in [0.15, 0.2) is 71.1 Å². The molecule has 0 amide bonds. The third-order valence-corrected chi connectivity index (χ3v) is 10.3. The number of carbonyl (C=O) groups is 2. The fraction of sp³-hybridized carbons (Fsp3) is 0.641. The van der Waals surface area contributed by atoms with Crippen molar-refractivity contribution in [1.82, 2.24) is 0 Å². The highest BCUT2D eigenvalue weighted by Crippen LogP contribution is 2.66.